The van der Waals surface area contributed by atoms with Crippen molar-refractivity contribution in [3.8, 4) is 0 Å². The first-order valence-electron chi connectivity index (χ1n) is 5.13. The first kappa shape index (κ1) is 12.3. The Morgan fingerprint density at radius 2 is 2.24 bits per heavy atom. The van der Waals surface area contributed by atoms with Crippen LogP contribution in [0.3, 0.4) is 0 Å². The fourth-order valence-electron chi connectivity index (χ4n) is 1.69. The van der Waals surface area contributed by atoms with Crippen molar-refractivity contribution in [2.45, 2.75) is 12.5 Å². The van der Waals surface area contributed by atoms with E-state index in [4.69, 9.17) is 10.3 Å². The van der Waals surface area contributed by atoms with E-state index < -0.39 is 0 Å². The van der Waals surface area contributed by atoms with E-state index in [-0.39, 0.29) is 11.9 Å². The lowest BCUT2D eigenvalue weighted by Gasteiger charge is -2.16. The van der Waals surface area contributed by atoms with Gasteiger partial charge in [-0.3, -0.25) is 11.3 Å². The highest BCUT2D eigenvalue weighted by Crippen LogP contribution is 2.23. The molecule has 5 heteroatoms. The van der Waals surface area contributed by atoms with Gasteiger partial charge in [-0.05, 0) is 30.2 Å². The molecule has 0 fully saturated rings. The Bertz CT molecular complexity index is 487. The highest BCUT2D eigenvalue weighted by Gasteiger charge is 2.15. The summed E-state index contributed by atoms with van der Waals surface area (Å²) < 4.78 is 19.4. The molecule has 0 bridgehead atoms. The Hall–Kier alpha value is -1.17. The van der Waals surface area contributed by atoms with Crippen molar-refractivity contribution in [3.63, 3.8) is 0 Å². The van der Waals surface area contributed by atoms with Gasteiger partial charge in [0, 0.05) is 10.0 Å². The van der Waals surface area contributed by atoms with E-state index in [1.807, 2.05) is 6.07 Å². The number of hydrogen-bond acceptors (Lipinski definition) is 3. The summed E-state index contributed by atoms with van der Waals surface area (Å²) in [4.78, 5) is 0. The molecule has 0 spiro atoms. The Labute approximate surface area is 107 Å². The first-order valence-corrected chi connectivity index (χ1v) is 5.92. The Kier molecular flexibility index (Phi) is 3.93. The highest BCUT2D eigenvalue weighted by atomic mass is 79.9. The average Bonchev–Trinajstić information content (AvgIpc) is 2.79. The minimum absolute atomic E-state index is 0.277. The summed E-state index contributed by atoms with van der Waals surface area (Å²) in [5, 5.41) is 0. The number of nitrogens with one attached hydrogen (secondary N) is 1. The maximum absolute atomic E-state index is 13.8. The molecule has 90 valence electrons. The molecule has 1 aromatic heterocycles. The number of nitrogens with two attached hydrogens (primary N) is 1. The molecule has 0 aliphatic carbocycles. The molecule has 0 amide bonds. The number of rotatable bonds is 4. The summed E-state index contributed by atoms with van der Waals surface area (Å²) in [6.45, 7) is 0. The summed E-state index contributed by atoms with van der Waals surface area (Å²) in [6.07, 6.45) is 3.79. The van der Waals surface area contributed by atoms with Gasteiger partial charge in [0.15, 0.2) is 0 Å². The molecule has 2 aromatic rings. The maximum Gasteiger partial charge on any atom is 0.129 e. The van der Waals surface area contributed by atoms with Crippen LogP contribution in [-0.4, -0.2) is 0 Å². The predicted molar refractivity (Wildman–Crippen MR) is 66.6 cm³/mol. The molecule has 17 heavy (non-hydrogen) atoms. The topological polar surface area (TPSA) is 51.2 Å². The van der Waals surface area contributed by atoms with Crippen molar-refractivity contribution in [2.24, 2.45) is 5.84 Å². The van der Waals surface area contributed by atoms with Crippen LogP contribution in [0.1, 0.15) is 17.2 Å². The fraction of sp³-hybridized carbons (Fsp3) is 0.167. The molecule has 3 N–H and O–H groups in total. The summed E-state index contributed by atoms with van der Waals surface area (Å²) in [5.74, 6) is 5.18. The van der Waals surface area contributed by atoms with Crippen molar-refractivity contribution >= 4 is 15.9 Å². The number of halogens is 2. The van der Waals surface area contributed by atoms with Crippen LogP contribution in [0.25, 0.3) is 0 Å². The second-order valence-corrected chi connectivity index (χ2v) is 4.64. The lowest BCUT2D eigenvalue weighted by Crippen LogP contribution is -2.30. The third-order valence-corrected chi connectivity index (χ3v) is 3.05. The highest BCUT2D eigenvalue weighted by molar-refractivity contribution is 9.10. The van der Waals surface area contributed by atoms with Crippen molar-refractivity contribution in [3.05, 3.63) is 58.2 Å². The molecular weight excluding hydrogens is 287 g/mol. The van der Waals surface area contributed by atoms with Crippen molar-refractivity contribution < 1.29 is 8.81 Å². The zero-order chi connectivity index (χ0) is 12.3. The molecule has 0 saturated carbocycles. The number of hydrazine groups is 1. The maximum atomic E-state index is 13.8. The van der Waals surface area contributed by atoms with Gasteiger partial charge in [-0.2, -0.15) is 0 Å². The molecule has 0 saturated heterocycles. The van der Waals surface area contributed by atoms with Gasteiger partial charge in [0.1, 0.15) is 5.82 Å². The monoisotopic (exact) mass is 298 g/mol. The quantitative estimate of drug-likeness (QED) is 0.674. The third-order valence-electron chi connectivity index (χ3n) is 2.56. The smallest absolute Gasteiger partial charge is 0.129 e. The van der Waals surface area contributed by atoms with Crippen LogP contribution >= 0.6 is 15.9 Å². The molecule has 1 unspecified atom stereocenters. The summed E-state index contributed by atoms with van der Waals surface area (Å²) in [6, 6.07) is 6.49. The predicted octanol–water partition coefficient (Wildman–Crippen LogP) is 2.93. The average molecular weight is 299 g/mol. The van der Waals surface area contributed by atoms with Crippen molar-refractivity contribution in [2.75, 3.05) is 0 Å². The van der Waals surface area contributed by atoms with Gasteiger partial charge in [0.25, 0.3) is 0 Å². The standard InChI is InChI=1S/C12H12BrFN2O/c13-9-1-2-10(11(14)6-9)12(16-15)5-8-3-4-17-7-8/h1-4,6-7,12,16H,5,15H2. The van der Waals surface area contributed by atoms with Gasteiger partial charge in [-0.1, -0.05) is 22.0 Å². The van der Waals surface area contributed by atoms with Gasteiger partial charge in [-0.25, -0.2) is 4.39 Å². The largest absolute Gasteiger partial charge is 0.472 e. The van der Waals surface area contributed by atoms with Crippen LogP contribution in [-0.2, 0) is 6.42 Å². The fourth-order valence-corrected chi connectivity index (χ4v) is 2.02. The number of furan rings is 1. The van der Waals surface area contributed by atoms with Gasteiger partial charge in [-0.15, -0.1) is 0 Å². The van der Waals surface area contributed by atoms with E-state index in [0.29, 0.717) is 16.5 Å². The zero-order valence-electron chi connectivity index (χ0n) is 8.99. The number of hydrogen-bond donors (Lipinski definition) is 2. The SMILES string of the molecule is NNC(Cc1ccoc1)c1ccc(Br)cc1F. The van der Waals surface area contributed by atoms with Crippen LogP contribution in [0.2, 0.25) is 0 Å². The van der Waals surface area contributed by atoms with E-state index >= 15 is 0 Å². The number of benzene rings is 1. The normalized spacial score (nSPS) is 12.6. The second kappa shape index (κ2) is 5.44. The molecule has 3 nitrogen and oxygen atoms in total. The lowest BCUT2D eigenvalue weighted by molar-refractivity contribution is 0.505. The Morgan fingerprint density at radius 1 is 1.41 bits per heavy atom. The molecule has 2 rings (SSSR count). The van der Waals surface area contributed by atoms with Crippen LogP contribution in [0.15, 0.2) is 45.7 Å². The zero-order valence-corrected chi connectivity index (χ0v) is 10.6. The van der Waals surface area contributed by atoms with Crippen molar-refractivity contribution in [1.82, 2.24) is 5.43 Å². The first-order chi connectivity index (χ1) is 8.20. The van der Waals surface area contributed by atoms with E-state index in [1.165, 1.54) is 6.07 Å². The van der Waals surface area contributed by atoms with E-state index in [2.05, 4.69) is 21.4 Å². The van der Waals surface area contributed by atoms with Crippen LogP contribution < -0.4 is 11.3 Å². The summed E-state index contributed by atoms with van der Waals surface area (Å²) >= 11 is 3.22. The molecule has 0 aliphatic rings. The van der Waals surface area contributed by atoms with Crippen molar-refractivity contribution in [1.29, 1.82) is 0 Å². The van der Waals surface area contributed by atoms with Crippen LogP contribution in [0.5, 0.6) is 0 Å². The molecule has 1 aromatic carbocycles. The van der Waals surface area contributed by atoms with Gasteiger partial charge < -0.3 is 4.42 Å². The van der Waals surface area contributed by atoms with Gasteiger partial charge in [0.05, 0.1) is 18.6 Å². The van der Waals surface area contributed by atoms with Gasteiger partial charge in [0.2, 0.25) is 0 Å². The minimum Gasteiger partial charge on any atom is -0.472 e. The summed E-state index contributed by atoms with van der Waals surface area (Å²) in [5.41, 5.74) is 4.13. The molecular formula is C12H12BrFN2O. The van der Waals surface area contributed by atoms with Crippen LogP contribution in [0.4, 0.5) is 4.39 Å². The minimum atomic E-state index is -0.286. The summed E-state index contributed by atoms with van der Waals surface area (Å²) in [7, 11) is 0. The molecule has 1 heterocycles. The lowest BCUT2D eigenvalue weighted by atomic mass is 10.0. The molecule has 0 radical (unpaired) electrons. The van der Waals surface area contributed by atoms with E-state index in [9.17, 15) is 4.39 Å². The van der Waals surface area contributed by atoms with Crippen LogP contribution in [0, 0.1) is 5.82 Å². The Morgan fingerprint density at radius 3 is 2.82 bits per heavy atom. The van der Waals surface area contributed by atoms with E-state index in [1.54, 1.807) is 24.7 Å². The van der Waals surface area contributed by atoms with E-state index in [0.717, 1.165) is 5.56 Å². The Balaban J connectivity index is 2.23. The second-order valence-electron chi connectivity index (χ2n) is 3.72. The third kappa shape index (κ3) is 2.94. The van der Waals surface area contributed by atoms with Gasteiger partial charge >= 0.3 is 0 Å². The molecule has 0 aliphatic heterocycles. The molecule has 1 atom stereocenters.